The molecule has 0 aromatic heterocycles. The summed E-state index contributed by atoms with van der Waals surface area (Å²) in [5.41, 5.74) is 0.667. The summed E-state index contributed by atoms with van der Waals surface area (Å²) < 4.78 is 4.90. The van der Waals surface area contributed by atoms with E-state index in [1.807, 2.05) is 0 Å². The maximum Gasteiger partial charge on any atom is 0.150 e. The van der Waals surface area contributed by atoms with Gasteiger partial charge < -0.3 is 4.74 Å². The van der Waals surface area contributed by atoms with Gasteiger partial charge >= 0.3 is 0 Å². The molecular weight excluding hydrogens is 247 g/mol. The fourth-order valence-electron chi connectivity index (χ4n) is 0.682. The Bertz CT molecular complexity index is 218. The van der Waals surface area contributed by atoms with Crippen LogP contribution in [0, 0.1) is 0 Å². The van der Waals surface area contributed by atoms with E-state index in [1.54, 1.807) is 31.4 Å². The fraction of sp³-hybridized carbons (Fsp3) is 0.125. The van der Waals surface area contributed by atoms with Gasteiger partial charge in [0, 0.05) is 29.5 Å². The first-order valence-electron chi connectivity index (χ1n) is 2.96. The van der Waals surface area contributed by atoms with Crippen molar-refractivity contribution in [1.82, 2.24) is 0 Å². The predicted molar refractivity (Wildman–Crippen MR) is 44.1 cm³/mol. The van der Waals surface area contributed by atoms with Gasteiger partial charge in [-0.15, -0.1) is 0 Å². The van der Waals surface area contributed by atoms with E-state index < -0.39 is 0 Å². The summed E-state index contributed by atoms with van der Waals surface area (Å²) in [6.45, 7) is 0. The molecule has 1 aromatic rings. The smallest absolute Gasteiger partial charge is 0.150 e. The molecule has 0 spiro atoms. The number of ether oxygens (including phenoxy) is 1. The average Bonchev–Trinajstić information content (AvgIpc) is 2.05. The molecule has 0 aliphatic rings. The quantitative estimate of drug-likeness (QED) is 0.584. The largest absolute Gasteiger partial charge is 0.497 e. The van der Waals surface area contributed by atoms with Gasteiger partial charge in [-0.2, -0.15) is 0 Å². The van der Waals surface area contributed by atoms with Gasteiger partial charge in [0.05, 0.1) is 7.11 Å². The molecule has 1 aromatic carbocycles. The maximum absolute atomic E-state index is 10.2. The topological polar surface area (TPSA) is 26.3 Å². The molecule has 56 valence electrons. The van der Waals surface area contributed by atoms with Crippen LogP contribution in [0.3, 0.4) is 0 Å². The van der Waals surface area contributed by atoms with E-state index in [-0.39, 0.29) is 23.9 Å². The normalized spacial score (nSPS) is 8.09. The standard InChI is InChI=1S/C8H8O2.Sn/c1-10-8-4-2-7(6-9)3-5-8;/h2-6H,1H3;. The SMILES string of the molecule is COc1ccc(C=O)cc1.[Sn]. The van der Waals surface area contributed by atoms with Crippen LogP contribution >= 0.6 is 0 Å². The van der Waals surface area contributed by atoms with E-state index in [0.29, 0.717) is 5.56 Å². The molecule has 11 heavy (non-hydrogen) atoms. The number of aldehydes is 1. The minimum absolute atomic E-state index is 0. The number of carbonyl (C=O) groups is 1. The fourth-order valence-corrected chi connectivity index (χ4v) is 0.682. The molecule has 0 atom stereocenters. The predicted octanol–water partition coefficient (Wildman–Crippen LogP) is 1.13. The Labute approximate surface area is 82.5 Å². The molecule has 2 nitrogen and oxygen atoms in total. The van der Waals surface area contributed by atoms with Gasteiger partial charge in [-0.1, -0.05) is 0 Å². The zero-order chi connectivity index (χ0) is 7.40. The van der Waals surface area contributed by atoms with E-state index in [0.717, 1.165) is 12.0 Å². The summed E-state index contributed by atoms with van der Waals surface area (Å²) in [5, 5.41) is 0. The number of benzene rings is 1. The second kappa shape index (κ2) is 5.18. The zero-order valence-corrected chi connectivity index (χ0v) is 9.06. The molecule has 0 bridgehead atoms. The van der Waals surface area contributed by atoms with Crippen LogP contribution < -0.4 is 4.74 Å². The molecule has 0 amide bonds. The summed E-state index contributed by atoms with van der Waals surface area (Å²) in [6.07, 6.45) is 0.805. The van der Waals surface area contributed by atoms with Gasteiger partial charge in [0.15, 0.2) is 0 Å². The summed E-state index contributed by atoms with van der Waals surface area (Å²) in [5.74, 6) is 0.769. The molecule has 1 rings (SSSR count). The molecule has 0 heterocycles. The third-order valence-electron chi connectivity index (χ3n) is 1.25. The van der Waals surface area contributed by atoms with E-state index in [1.165, 1.54) is 0 Å². The number of carbonyl (C=O) groups excluding carboxylic acids is 1. The monoisotopic (exact) mass is 256 g/mol. The Morgan fingerprint density at radius 2 is 1.82 bits per heavy atom. The van der Waals surface area contributed by atoms with Crippen molar-refractivity contribution in [3.63, 3.8) is 0 Å². The zero-order valence-electron chi connectivity index (χ0n) is 6.20. The Morgan fingerprint density at radius 3 is 2.18 bits per heavy atom. The van der Waals surface area contributed by atoms with E-state index in [2.05, 4.69) is 0 Å². The van der Waals surface area contributed by atoms with Gasteiger partial charge in [-0.05, 0) is 24.3 Å². The van der Waals surface area contributed by atoms with Crippen molar-refractivity contribution in [2.24, 2.45) is 0 Å². The summed E-state index contributed by atoms with van der Waals surface area (Å²) >= 11 is 0. The van der Waals surface area contributed by atoms with Crippen LogP contribution in [-0.4, -0.2) is 37.3 Å². The molecular formula is C8H8O2Sn. The number of hydrogen-bond acceptors (Lipinski definition) is 2. The van der Waals surface area contributed by atoms with Crippen molar-refractivity contribution in [2.75, 3.05) is 7.11 Å². The summed E-state index contributed by atoms with van der Waals surface area (Å²) in [4.78, 5) is 10.2. The molecule has 0 aliphatic heterocycles. The van der Waals surface area contributed by atoms with Crippen molar-refractivity contribution < 1.29 is 9.53 Å². The average molecular weight is 255 g/mol. The molecule has 0 N–H and O–H groups in total. The van der Waals surface area contributed by atoms with Crippen LogP contribution in [0.2, 0.25) is 0 Å². The first-order valence-corrected chi connectivity index (χ1v) is 2.96. The summed E-state index contributed by atoms with van der Waals surface area (Å²) in [6, 6.07) is 6.94. The van der Waals surface area contributed by atoms with Gasteiger partial charge in [0.2, 0.25) is 0 Å². The second-order valence-electron chi connectivity index (χ2n) is 1.89. The van der Waals surface area contributed by atoms with Crippen LogP contribution in [0.1, 0.15) is 10.4 Å². The number of rotatable bonds is 2. The third-order valence-corrected chi connectivity index (χ3v) is 1.25. The van der Waals surface area contributed by atoms with Crippen LogP contribution in [0.15, 0.2) is 24.3 Å². The third kappa shape index (κ3) is 2.92. The van der Waals surface area contributed by atoms with Crippen LogP contribution in [0.5, 0.6) is 5.75 Å². The van der Waals surface area contributed by atoms with Crippen molar-refractivity contribution in [1.29, 1.82) is 0 Å². The minimum atomic E-state index is 0. The second-order valence-corrected chi connectivity index (χ2v) is 1.89. The van der Waals surface area contributed by atoms with Crippen molar-refractivity contribution in [2.45, 2.75) is 0 Å². The Hall–Kier alpha value is -0.511. The molecule has 4 radical (unpaired) electrons. The molecule has 0 saturated carbocycles. The van der Waals surface area contributed by atoms with Crippen LogP contribution in [0.4, 0.5) is 0 Å². The molecule has 0 fully saturated rings. The maximum atomic E-state index is 10.2. The van der Waals surface area contributed by atoms with Gasteiger partial charge in [0.1, 0.15) is 12.0 Å². The van der Waals surface area contributed by atoms with Gasteiger partial charge in [-0.3, -0.25) is 4.79 Å². The molecule has 0 saturated heterocycles. The van der Waals surface area contributed by atoms with Crippen molar-refractivity contribution >= 4 is 30.2 Å². The van der Waals surface area contributed by atoms with Gasteiger partial charge in [0.25, 0.3) is 0 Å². The van der Waals surface area contributed by atoms with Crippen LogP contribution in [-0.2, 0) is 0 Å². The molecule has 0 aliphatic carbocycles. The van der Waals surface area contributed by atoms with Crippen molar-refractivity contribution in [3.8, 4) is 5.75 Å². The van der Waals surface area contributed by atoms with Crippen LogP contribution in [0.25, 0.3) is 0 Å². The van der Waals surface area contributed by atoms with E-state index in [9.17, 15) is 4.79 Å². The number of hydrogen-bond donors (Lipinski definition) is 0. The molecule has 0 unspecified atom stereocenters. The van der Waals surface area contributed by atoms with Gasteiger partial charge in [-0.25, -0.2) is 0 Å². The Balaban J connectivity index is 0.000001000. The molecule has 3 heteroatoms. The van der Waals surface area contributed by atoms with Crippen molar-refractivity contribution in [3.05, 3.63) is 29.8 Å². The Morgan fingerprint density at radius 1 is 1.27 bits per heavy atom. The summed E-state index contributed by atoms with van der Waals surface area (Å²) in [7, 11) is 1.59. The minimum Gasteiger partial charge on any atom is -0.497 e. The first kappa shape index (κ1) is 10.5. The first-order chi connectivity index (χ1) is 4.86. The van der Waals surface area contributed by atoms with E-state index >= 15 is 0 Å². The number of methoxy groups -OCH3 is 1. The van der Waals surface area contributed by atoms with E-state index in [4.69, 9.17) is 4.74 Å². The Kier molecular flexibility index (Phi) is 4.94.